The molecule has 0 aromatic heterocycles. The normalized spacial score (nSPS) is 10.7. The fraction of sp³-hybridized carbons (Fsp3) is 0.538. The maximum Gasteiger partial charge on any atom is 0.119 e. The lowest BCUT2D eigenvalue weighted by Crippen LogP contribution is -2.32. The van der Waals surface area contributed by atoms with Gasteiger partial charge in [0.15, 0.2) is 0 Å². The number of benzene rings is 1. The highest BCUT2D eigenvalue weighted by molar-refractivity contribution is 6.18. The number of methoxy groups -OCH3 is 1. The van der Waals surface area contributed by atoms with E-state index in [1.165, 1.54) is 0 Å². The van der Waals surface area contributed by atoms with Gasteiger partial charge in [-0.2, -0.15) is 0 Å². The van der Waals surface area contributed by atoms with Crippen LogP contribution < -0.4 is 9.47 Å². The van der Waals surface area contributed by atoms with E-state index in [1.54, 1.807) is 7.11 Å². The highest BCUT2D eigenvalue weighted by Crippen LogP contribution is 2.16. The summed E-state index contributed by atoms with van der Waals surface area (Å²) in [5.41, 5.74) is 0. The Morgan fingerprint density at radius 3 is 2.00 bits per heavy atom. The molecule has 0 heterocycles. The Labute approximate surface area is 119 Å². The van der Waals surface area contributed by atoms with Crippen LogP contribution in [0.1, 0.15) is 0 Å². The van der Waals surface area contributed by atoms with Crippen LogP contribution in [-0.4, -0.2) is 50.0 Å². The summed E-state index contributed by atoms with van der Waals surface area (Å²) >= 11 is 11.4. The van der Waals surface area contributed by atoms with Crippen molar-refractivity contribution in [3.63, 3.8) is 0 Å². The molecule has 0 spiro atoms. The first kappa shape index (κ1) is 15.4. The van der Waals surface area contributed by atoms with E-state index in [4.69, 9.17) is 32.7 Å². The number of hydrogen-bond donors (Lipinski definition) is 0. The highest BCUT2D eigenvalue weighted by Gasteiger charge is 2.03. The van der Waals surface area contributed by atoms with Crippen molar-refractivity contribution in [3.05, 3.63) is 24.3 Å². The SMILES string of the molecule is COc1ccc(OCCN(CCCl)CCCl)cc1. The third-order valence-electron chi connectivity index (χ3n) is 2.54. The number of ether oxygens (including phenoxy) is 2. The van der Waals surface area contributed by atoms with E-state index in [0.29, 0.717) is 18.4 Å². The van der Waals surface area contributed by atoms with E-state index < -0.39 is 0 Å². The average molecular weight is 292 g/mol. The minimum absolute atomic E-state index is 0.611. The van der Waals surface area contributed by atoms with Gasteiger partial charge in [-0.1, -0.05) is 0 Å². The molecule has 0 amide bonds. The predicted octanol–water partition coefficient (Wildman–Crippen LogP) is 2.85. The zero-order valence-electron chi connectivity index (χ0n) is 10.6. The smallest absolute Gasteiger partial charge is 0.119 e. The molecule has 1 aromatic rings. The van der Waals surface area contributed by atoms with Crippen molar-refractivity contribution in [1.29, 1.82) is 0 Å². The van der Waals surface area contributed by atoms with Gasteiger partial charge < -0.3 is 9.47 Å². The molecule has 0 N–H and O–H groups in total. The van der Waals surface area contributed by atoms with E-state index in [-0.39, 0.29) is 0 Å². The summed E-state index contributed by atoms with van der Waals surface area (Å²) in [7, 11) is 1.64. The predicted molar refractivity (Wildman–Crippen MR) is 76.4 cm³/mol. The average Bonchev–Trinajstić information content (AvgIpc) is 2.40. The lowest BCUT2D eigenvalue weighted by Gasteiger charge is -2.19. The summed E-state index contributed by atoms with van der Waals surface area (Å²) in [4.78, 5) is 2.18. The number of hydrogen-bond acceptors (Lipinski definition) is 3. The molecular weight excluding hydrogens is 273 g/mol. The lowest BCUT2D eigenvalue weighted by atomic mass is 10.3. The quantitative estimate of drug-likeness (QED) is 0.653. The Morgan fingerprint density at radius 2 is 1.50 bits per heavy atom. The molecule has 0 saturated heterocycles. The van der Waals surface area contributed by atoms with E-state index in [1.807, 2.05) is 24.3 Å². The van der Waals surface area contributed by atoms with Crippen molar-refractivity contribution in [3.8, 4) is 11.5 Å². The van der Waals surface area contributed by atoms with Crippen LogP contribution in [0.25, 0.3) is 0 Å². The highest BCUT2D eigenvalue weighted by atomic mass is 35.5. The van der Waals surface area contributed by atoms with Crippen molar-refractivity contribution in [1.82, 2.24) is 4.90 Å². The van der Waals surface area contributed by atoms with Gasteiger partial charge in [-0.15, -0.1) is 23.2 Å². The summed E-state index contributed by atoms with van der Waals surface area (Å²) in [5, 5.41) is 0. The lowest BCUT2D eigenvalue weighted by molar-refractivity contribution is 0.224. The largest absolute Gasteiger partial charge is 0.497 e. The Bertz CT molecular complexity index is 313. The van der Waals surface area contributed by atoms with Crippen molar-refractivity contribution in [2.24, 2.45) is 0 Å². The second-order valence-corrected chi connectivity index (χ2v) is 4.50. The van der Waals surface area contributed by atoms with Gasteiger partial charge in [0.2, 0.25) is 0 Å². The maximum atomic E-state index is 5.72. The molecule has 0 bridgehead atoms. The second-order valence-electron chi connectivity index (χ2n) is 3.74. The number of alkyl halides is 2. The number of rotatable bonds is 9. The van der Waals surface area contributed by atoms with Gasteiger partial charge in [0.1, 0.15) is 18.1 Å². The Hall–Kier alpha value is -0.640. The van der Waals surface area contributed by atoms with Crippen LogP contribution in [0.15, 0.2) is 24.3 Å². The second kappa shape index (κ2) is 9.31. The van der Waals surface area contributed by atoms with Crippen LogP contribution >= 0.6 is 23.2 Å². The molecule has 1 aromatic carbocycles. The van der Waals surface area contributed by atoms with Gasteiger partial charge in [0, 0.05) is 31.4 Å². The fourth-order valence-electron chi connectivity index (χ4n) is 1.54. The van der Waals surface area contributed by atoms with Gasteiger partial charge in [-0.25, -0.2) is 0 Å². The summed E-state index contributed by atoms with van der Waals surface area (Å²) in [5.74, 6) is 2.89. The molecule has 102 valence electrons. The van der Waals surface area contributed by atoms with Gasteiger partial charge in [0.05, 0.1) is 7.11 Å². The molecule has 0 saturated carbocycles. The van der Waals surface area contributed by atoms with Crippen LogP contribution in [0, 0.1) is 0 Å². The number of halogens is 2. The zero-order valence-corrected chi connectivity index (χ0v) is 12.1. The minimum atomic E-state index is 0.611. The topological polar surface area (TPSA) is 21.7 Å². The van der Waals surface area contributed by atoms with E-state index >= 15 is 0 Å². The fourth-order valence-corrected chi connectivity index (χ4v) is 2.02. The molecule has 0 fully saturated rings. The molecule has 5 heteroatoms. The standard InChI is InChI=1S/C13H19Cl2NO2/c1-17-12-2-4-13(5-3-12)18-11-10-16(8-6-14)9-7-15/h2-5H,6-11H2,1H3. The molecule has 1 rings (SSSR count). The molecule has 3 nitrogen and oxygen atoms in total. The Kier molecular flexibility index (Phi) is 7.98. The van der Waals surface area contributed by atoms with E-state index in [2.05, 4.69) is 4.90 Å². The van der Waals surface area contributed by atoms with Gasteiger partial charge in [-0.05, 0) is 24.3 Å². The van der Waals surface area contributed by atoms with Crippen LogP contribution in [0.2, 0.25) is 0 Å². The van der Waals surface area contributed by atoms with Crippen molar-refractivity contribution in [2.45, 2.75) is 0 Å². The maximum absolute atomic E-state index is 5.72. The zero-order chi connectivity index (χ0) is 13.2. The third-order valence-corrected chi connectivity index (χ3v) is 2.88. The minimum Gasteiger partial charge on any atom is -0.497 e. The van der Waals surface area contributed by atoms with Crippen LogP contribution in [0.3, 0.4) is 0 Å². The molecule has 0 atom stereocenters. The van der Waals surface area contributed by atoms with Crippen molar-refractivity contribution >= 4 is 23.2 Å². The molecule has 0 aliphatic carbocycles. The van der Waals surface area contributed by atoms with Gasteiger partial charge in [-0.3, -0.25) is 4.90 Å². The van der Waals surface area contributed by atoms with Crippen molar-refractivity contribution < 1.29 is 9.47 Å². The Balaban J connectivity index is 2.30. The van der Waals surface area contributed by atoms with Crippen LogP contribution in [0.5, 0.6) is 11.5 Å². The molecule has 0 aliphatic rings. The summed E-state index contributed by atoms with van der Waals surface area (Å²) in [6.45, 7) is 3.12. The third kappa shape index (κ3) is 5.80. The first-order valence-corrected chi connectivity index (χ1v) is 6.98. The van der Waals surface area contributed by atoms with E-state index in [0.717, 1.165) is 31.1 Å². The number of nitrogens with zero attached hydrogens (tertiary/aromatic N) is 1. The molecule has 0 aliphatic heterocycles. The molecule has 18 heavy (non-hydrogen) atoms. The Morgan fingerprint density at radius 1 is 0.944 bits per heavy atom. The summed E-state index contributed by atoms with van der Waals surface area (Å²) in [6.07, 6.45) is 0. The van der Waals surface area contributed by atoms with Crippen molar-refractivity contribution in [2.75, 3.05) is 45.1 Å². The van der Waals surface area contributed by atoms with Crippen LogP contribution in [-0.2, 0) is 0 Å². The summed E-state index contributed by atoms with van der Waals surface area (Å²) < 4.78 is 10.7. The first-order valence-electron chi connectivity index (χ1n) is 5.91. The van der Waals surface area contributed by atoms with Gasteiger partial charge in [0.25, 0.3) is 0 Å². The molecular formula is C13H19Cl2NO2. The summed E-state index contributed by atoms with van der Waals surface area (Å²) in [6, 6.07) is 7.55. The molecule has 0 unspecified atom stereocenters. The van der Waals surface area contributed by atoms with Gasteiger partial charge >= 0.3 is 0 Å². The van der Waals surface area contributed by atoms with Crippen LogP contribution in [0.4, 0.5) is 0 Å². The first-order chi connectivity index (χ1) is 8.80. The molecule has 0 radical (unpaired) electrons. The van der Waals surface area contributed by atoms with E-state index in [9.17, 15) is 0 Å². The monoisotopic (exact) mass is 291 g/mol.